The van der Waals surface area contributed by atoms with Crippen molar-refractivity contribution in [2.24, 2.45) is 7.05 Å². The number of benzene rings is 2. The van der Waals surface area contributed by atoms with Crippen LogP contribution < -0.4 is 10.1 Å². The smallest absolute Gasteiger partial charge is 0.281 e. The Morgan fingerprint density at radius 1 is 0.968 bits per heavy atom. The number of aromatic nitrogens is 4. The van der Waals surface area contributed by atoms with Gasteiger partial charge < -0.3 is 0 Å². The first-order valence-electron chi connectivity index (χ1n) is 10.8. The van der Waals surface area contributed by atoms with E-state index in [1.54, 1.807) is 4.68 Å². The molecule has 1 aliphatic rings. The Kier molecular flexibility index (Phi) is 5.06. The number of aryl methyl sites for hydroxylation is 1. The van der Waals surface area contributed by atoms with E-state index in [4.69, 9.17) is 11.6 Å². The van der Waals surface area contributed by atoms with E-state index in [9.17, 15) is 4.79 Å². The zero-order valence-corrected chi connectivity index (χ0v) is 18.6. The third-order valence-corrected chi connectivity index (χ3v) is 6.55. The molecule has 0 aliphatic carbocycles. The molecular formula is C25H26ClN4O+. The van der Waals surface area contributed by atoms with Gasteiger partial charge in [0.2, 0.25) is 5.69 Å². The Hall–Kier alpha value is -3.05. The lowest BCUT2D eigenvalue weighted by Gasteiger charge is -2.07. The van der Waals surface area contributed by atoms with E-state index in [0.717, 1.165) is 48.4 Å². The van der Waals surface area contributed by atoms with Crippen LogP contribution in [0.25, 0.3) is 22.6 Å². The molecule has 158 valence electrons. The molecule has 4 aromatic rings. The molecule has 6 heteroatoms. The lowest BCUT2D eigenvalue weighted by Crippen LogP contribution is -2.36. The van der Waals surface area contributed by atoms with Crippen LogP contribution in [0.3, 0.4) is 0 Å². The van der Waals surface area contributed by atoms with Gasteiger partial charge in [-0.3, -0.25) is 9.48 Å². The van der Waals surface area contributed by atoms with Crippen molar-refractivity contribution in [1.29, 1.82) is 0 Å². The summed E-state index contributed by atoms with van der Waals surface area (Å²) in [5.74, 6) is 1.19. The van der Waals surface area contributed by atoms with E-state index in [0.29, 0.717) is 10.7 Å². The van der Waals surface area contributed by atoms with Crippen LogP contribution in [-0.4, -0.2) is 13.9 Å². The van der Waals surface area contributed by atoms with Crippen molar-refractivity contribution in [3.05, 3.63) is 87.7 Å². The minimum atomic E-state index is -0.00957. The fourth-order valence-electron chi connectivity index (χ4n) is 4.62. The van der Waals surface area contributed by atoms with Crippen molar-refractivity contribution in [2.45, 2.75) is 39.2 Å². The topological polar surface area (TPSA) is 35.7 Å². The van der Waals surface area contributed by atoms with Gasteiger partial charge in [-0.1, -0.05) is 29.8 Å². The van der Waals surface area contributed by atoms with E-state index >= 15 is 0 Å². The maximum atomic E-state index is 13.8. The van der Waals surface area contributed by atoms with E-state index in [-0.39, 0.29) is 5.56 Å². The number of hydrogen-bond donors (Lipinski definition) is 0. The van der Waals surface area contributed by atoms with Crippen LogP contribution in [0, 0.1) is 6.92 Å². The number of para-hydroxylation sites is 1. The molecule has 0 unspecified atom stereocenters. The molecule has 3 heterocycles. The van der Waals surface area contributed by atoms with Crippen LogP contribution in [0.4, 0.5) is 0 Å². The number of nitrogens with zero attached hydrogens (tertiary/aromatic N) is 4. The lowest BCUT2D eigenvalue weighted by atomic mass is 10.1. The Morgan fingerprint density at radius 3 is 2.45 bits per heavy atom. The zero-order chi connectivity index (χ0) is 21.5. The first-order valence-corrected chi connectivity index (χ1v) is 11.2. The highest BCUT2D eigenvalue weighted by Gasteiger charge is 2.32. The van der Waals surface area contributed by atoms with Crippen molar-refractivity contribution in [3.63, 3.8) is 0 Å². The summed E-state index contributed by atoms with van der Waals surface area (Å²) in [6, 6.07) is 17.7. The van der Waals surface area contributed by atoms with Crippen LogP contribution in [0.2, 0.25) is 5.02 Å². The van der Waals surface area contributed by atoms with Gasteiger partial charge in [0, 0.05) is 24.1 Å². The number of halogens is 1. The largest absolute Gasteiger partial charge is 0.319 e. The van der Waals surface area contributed by atoms with Crippen LogP contribution >= 0.6 is 11.6 Å². The van der Waals surface area contributed by atoms with Gasteiger partial charge in [-0.25, -0.2) is 9.25 Å². The van der Waals surface area contributed by atoms with Gasteiger partial charge in [-0.05, 0) is 62.6 Å². The van der Waals surface area contributed by atoms with Crippen LogP contribution in [0.1, 0.15) is 30.8 Å². The quantitative estimate of drug-likeness (QED) is 0.434. The maximum Gasteiger partial charge on any atom is 0.319 e. The second-order valence-electron chi connectivity index (χ2n) is 8.19. The van der Waals surface area contributed by atoms with E-state index in [1.807, 2.05) is 73.3 Å². The fourth-order valence-corrected chi connectivity index (χ4v) is 4.75. The van der Waals surface area contributed by atoms with E-state index < -0.39 is 0 Å². The summed E-state index contributed by atoms with van der Waals surface area (Å²) in [6.45, 7) is 3.00. The van der Waals surface area contributed by atoms with Crippen LogP contribution in [-0.2, 0) is 20.0 Å². The summed E-state index contributed by atoms with van der Waals surface area (Å²) in [6.07, 6.45) is 6.64. The Bertz CT molecular complexity index is 1300. The highest BCUT2D eigenvalue weighted by Crippen LogP contribution is 2.28. The molecule has 2 aromatic carbocycles. The Morgan fingerprint density at radius 2 is 1.71 bits per heavy atom. The molecule has 0 atom stereocenters. The normalized spacial score (nSPS) is 13.8. The lowest BCUT2D eigenvalue weighted by molar-refractivity contribution is -0.702. The molecular weight excluding hydrogens is 408 g/mol. The number of hydrogen-bond acceptors (Lipinski definition) is 1. The molecule has 0 saturated carbocycles. The van der Waals surface area contributed by atoms with Gasteiger partial charge in [0.25, 0.3) is 5.82 Å². The van der Waals surface area contributed by atoms with Crippen molar-refractivity contribution >= 4 is 11.6 Å². The third-order valence-electron chi connectivity index (χ3n) is 6.30. The molecule has 2 aromatic heterocycles. The predicted octanol–water partition coefficient (Wildman–Crippen LogP) is 4.61. The SMILES string of the molecule is Cc1c(-n2c(-c3ccc(Cl)cc3)c[n+]3c2CCCCC3)c(=O)n(-c2ccccc2)n1C. The number of rotatable bonds is 3. The van der Waals surface area contributed by atoms with Crippen LogP contribution in [0.15, 0.2) is 65.6 Å². The molecule has 31 heavy (non-hydrogen) atoms. The van der Waals surface area contributed by atoms with Gasteiger partial charge >= 0.3 is 5.56 Å². The average Bonchev–Trinajstić information content (AvgIpc) is 3.10. The minimum absolute atomic E-state index is 0.00957. The Balaban J connectivity index is 1.80. The first-order chi connectivity index (χ1) is 15.1. The molecule has 0 saturated heterocycles. The van der Waals surface area contributed by atoms with Crippen molar-refractivity contribution in [2.75, 3.05) is 0 Å². The highest BCUT2D eigenvalue weighted by atomic mass is 35.5. The number of fused-ring (bicyclic) bond motifs is 1. The number of imidazole rings is 1. The van der Waals surface area contributed by atoms with Gasteiger partial charge in [0.05, 0.1) is 17.9 Å². The molecule has 0 amide bonds. The summed E-state index contributed by atoms with van der Waals surface area (Å²) in [7, 11) is 1.95. The molecule has 0 fully saturated rings. The molecule has 5 rings (SSSR count). The second-order valence-corrected chi connectivity index (χ2v) is 8.62. The predicted molar refractivity (Wildman–Crippen MR) is 123 cm³/mol. The van der Waals surface area contributed by atoms with E-state index in [2.05, 4.69) is 15.3 Å². The van der Waals surface area contributed by atoms with Crippen molar-refractivity contribution in [1.82, 2.24) is 13.9 Å². The Labute approximate surface area is 186 Å². The standard InChI is InChI=1S/C25H26ClN4O/c1-18-24(25(31)30(27(18)2)21-9-5-3-6-10-21)29-22(19-12-14-20(26)15-13-19)17-28-16-8-4-7-11-23(28)29/h3,5-6,9-10,12-15,17H,4,7-8,11,16H2,1-2H3/q+1. The van der Waals surface area contributed by atoms with Crippen molar-refractivity contribution in [3.8, 4) is 22.6 Å². The van der Waals surface area contributed by atoms with Gasteiger partial charge in [-0.2, -0.15) is 4.57 Å². The molecule has 5 nitrogen and oxygen atoms in total. The molecule has 0 radical (unpaired) electrons. The molecule has 1 aliphatic heterocycles. The van der Waals surface area contributed by atoms with Crippen LogP contribution in [0.5, 0.6) is 0 Å². The molecule has 0 N–H and O–H groups in total. The molecule has 0 bridgehead atoms. The maximum absolute atomic E-state index is 13.8. The average molecular weight is 434 g/mol. The zero-order valence-electron chi connectivity index (χ0n) is 17.9. The summed E-state index contributed by atoms with van der Waals surface area (Å²) in [5, 5.41) is 0.707. The van der Waals surface area contributed by atoms with Crippen molar-refractivity contribution < 1.29 is 4.57 Å². The summed E-state index contributed by atoms with van der Waals surface area (Å²) in [5.41, 5.74) is 4.59. The molecule has 0 spiro atoms. The monoisotopic (exact) mass is 433 g/mol. The summed E-state index contributed by atoms with van der Waals surface area (Å²) >= 11 is 6.15. The highest BCUT2D eigenvalue weighted by molar-refractivity contribution is 6.30. The summed E-state index contributed by atoms with van der Waals surface area (Å²) in [4.78, 5) is 13.8. The van der Waals surface area contributed by atoms with E-state index in [1.165, 1.54) is 12.2 Å². The third kappa shape index (κ3) is 3.33. The second kappa shape index (κ2) is 7.89. The fraction of sp³-hybridized carbons (Fsp3) is 0.280. The van der Waals surface area contributed by atoms with Gasteiger partial charge in [-0.15, -0.1) is 0 Å². The van der Waals surface area contributed by atoms with Gasteiger partial charge in [0.15, 0.2) is 5.69 Å². The minimum Gasteiger partial charge on any atom is -0.281 e. The first kappa shape index (κ1) is 19.9. The summed E-state index contributed by atoms with van der Waals surface area (Å²) < 4.78 is 8.22. The van der Waals surface area contributed by atoms with Gasteiger partial charge in [0.1, 0.15) is 6.20 Å².